The highest BCUT2D eigenvalue weighted by Gasteiger charge is 2.13. The van der Waals surface area contributed by atoms with Gasteiger partial charge in [-0.15, -0.1) is 0 Å². The van der Waals surface area contributed by atoms with Crippen LogP contribution in [0, 0.1) is 0 Å². The second-order valence-electron chi connectivity index (χ2n) is 7.59. The number of nitrogens with one attached hydrogen (secondary N) is 2. The topological polar surface area (TPSA) is 27.3 Å². The standard InChI is InChI=1S/C19H39N3/c1-22(16-8-14-20-18-10-4-2-5-11-18)17-9-15-21-19-12-6-3-7-13-19/h18-21H,2-17H2,1H3. The maximum absolute atomic E-state index is 3.75. The van der Waals surface area contributed by atoms with Gasteiger partial charge in [0.15, 0.2) is 0 Å². The Morgan fingerprint density at radius 3 is 1.50 bits per heavy atom. The molecule has 3 nitrogen and oxygen atoms in total. The van der Waals surface area contributed by atoms with Crippen LogP contribution in [0.1, 0.15) is 77.0 Å². The molecule has 22 heavy (non-hydrogen) atoms. The Morgan fingerprint density at radius 1 is 0.682 bits per heavy atom. The maximum Gasteiger partial charge on any atom is 0.00670 e. The molecule has 2 aliphatic carbocycles. The van der Waals surface area contributed by atoms with E-state index in [9.17, 15) is 0 Å². The van der Waals surface area contributed by atoms with Crippen LogP contribution in [0.15, 0.2) is 0 Å². The summed E-state index contributed by atoms with van der Waals surface area (Å²) in [5.41, 5.74) is 0. The van der Waals surface area contributed by atoms with Crippen molar-refractivity contribution in [2.75, 3.05) is 33.2 Å². The quantitative estimate of drug-likeness (QED) is 0.604. The molecule has 2 rings (SSSR count). The van der Waals surface area contributed by atoms with Crippen molar-refractivity contribution < 1.29 is 0 Å². The van der Waals surface area contributed by atoms with Gasteiger partial charge >= 0.3 is 0 Å². The molecular formula is C19H39N3. The Morgan fingerprint density at radius 2 is 1.09 bits per heavy atom. The number of rotatable bonds is 10. The molecule has 0 aromatic heterocycles. The molecule has 0 bridgehead atoms. The van der Waals surface area contributed by atoms with Gasteiger partial charge in [0.25, 0.3) is 0 Å². The van der Waals surface area contributed by atoms with E-state index >= 15 is 0 Å². The van der Waals surface area contributed by atoms with Crippen molar-refractivity contribution in [3.63, 3.8) is 0 Å². The SMILES string of the molecule is CN(CCCNC1CCCCC1)CCCNC1CCCCC1. The first-order valence-electron chi connectivity index (χ1n) is 10.00. The van der Waals surface area contributed by atoms with Crippen LogP contribution in [0.25, 0.3) is 0 Å². The summed E-state index contributed by atoms with van der Waals surface area (Å²) in [5.74, 6) is 0. The third-order valence-electron chi connectivity index (χ3n) is 5.51. The Labute approximate surface area is 138 Å². The van der Waals surface area contributed by atoms with Crippen LogP contribution >= 0.6 is 0 Å². The number of nitrogens with zero attached hydrogens (tertiary/aromatic N) is 1. The maximum atomic E-state index is 3.75. The molecule has 0 aromatic rings. The van der Waals surface area contributed by atoms with E-state index < -0.39 is 0 Å². The van der Waals surface area contributed by atoms with Gasteiger partial charge in [-0.05, 0) is 71.8 Å². The van der Waals surface area contributed by atoms with E-state index in [-0.39, 0.29) is 0 Å². The lowest BCUT2D eigenvalue weighted by Gasteiger charge is -2.24. The molecule has 2 N–H and O–H groups in total. The third kappa shape index (κ3) is 7.94. The van der Waals surface area contributed by atoms with Crippen LogP contribution in [0.3, 0.4) is 0 Å². The number of hydrogen-bond donors (Lipinski definition) is 2. The number of hydrogen-bond acceptors (Lipinski definition) is 3. The van der Waals surface area contributed by atoms with Crippen molar-refractivity contribution >= 4 is 0 Å². The summed E-state index contributed by atoms with van der Waals surface area (Å²) in [7, 11) is 2.28. The van der Waals surface area contributed by atoms with Gasteiger partial charge in [0.1, 0.15) is 0 Å². The van der Waals surface area contributed by atoms with E-state index in [0.29, 0.717) is 0 Å². The van der Waals surface area contributed by atoms with E-state index in [1.807, 2.05) is 0 Å². The van der Waals surface area contributed by atoms with Gasteiger partial charge in [-0.25, -0.2) is 0 Å². The van der Waals surface area contributed by atoms with Crippen molar-refractivity contribution in [1.82, 2.24) is 15.5 Å². The normalized spacial score (nSPS) is 21.5. The fourth-order valence-corrected chi connectivity index (χ4v) is 4.04. The first-order valence-corrected chi connectivity index (χ1v) is 10.00. The summed E-state index contributed by atoms with van der Waals surface area (Å²) in [4.78, 5) is 2.51. The second-order valence-corrected chi connectivity index (χ2v) is 7.59. The molecule has 2 saturated carbocycles. The summed E-state index contributed by atoms with van der Waals surface area (Å²) in [5, 5.41) is 7.50. The molecule has 0 spiro atoms. The van der Waals surface area contributed by atoms with Crippen LogP contribution in [0.2, 0.25) is 0 Å². The van der Waals surface area contributed by atoms with Gasteiger partial charge in [-0.3, -0.25) is 0 Å². The van der Waals surface area contributed by atoms with Crippen molar-refractivity contribution in [2.24, 2.45) is 0 Å². The molecule has 130 valence electrons. The lowest BCUT2D eigenvalue weighted by molar-refractivity contribution is 0.301. The van der Waals surface area contributed by atoms with Crippen molar-refractivity contribution in [3.8, 4) is 0 Å². The highest BCUT2D eigenvalue weighted by atomic mass is 15.1. The molecule has 2 fully saturated rings. The molecule has 2 aliphatic rings. The Hall–Kier alpha value is -0.120. The molecule has 0 saturated heterocycles. The average molecular weight is 310 g/mol. The average Bonchev–Trinajstić information content (AvgIpc) is 2.57. The summed E-state index contributed by atoms with van der Waals surface area (Å²) in [6.45, 7) is 4.89. The van der Waals surface area contributed by atoms with E-state index in [2.05, 4.69) is 22.6 Å². The van der Waals surface area contributed by atoms with Crippen molar-refractivity contribution in [1.29, 1.82) is 0 Å². The largest absolute Gasteiger partial charge is 0.314 e. The highest BCUT2D eigenvalue weighted by molar-refractivity contribution is 4.73. The van der Waals surface area contributed by atoms with E-state index in [0.717, 1.165) is 12.1 Å². The van der Waals surface area contributed by atoms with Crippen LogP contribution in [-0.2, 0) is 0 Å². The van der Waals surface area contributed by atoms with Gasteiger partial charge in [0.2, 0.25) is 0 Å². The Kier molecular flexibility index (Phi) is 9.46. The lowest BCUT2D eigenvalue weighted by Crippen LogP contribution is -2.35. The van der Waals surface area contributed by atoms with Gasteiger partial charge in [-0.1, -0.05) is 38.5 Å². The molecule has 0 unspecified atom stereocenters. The monoisotopic (exact) mass is 309 g/mol. The summed E-state index contributed by atoms with van der Waals surface area (Å²) in [6, 6.07) is 1.64. The van der Waals surface area contributed by atoms with E-state index in [1.54, 1.807) is 0 Å². The molecule has 0 atom stereocenters. The van der Waals surface area contributed by atoms with Crippen molar-refractivity contribution in [2.45, 2.75) is 89.1 Å². The van der Waals surface area contributed by atoms with Gasteiger partial charge in [0.05, 0.1) is 0 Å². The van der Waals surface area contributed by atoms with E-state index in [4.69, 9.17) is 0 Å². The van der Waals surface area contributed by atoms with Gasteiger partial charge < -0.3 is 15.5 Å². The first-order chi connectivity index (χ1) is 10.8. The smallest absolute Gasteiger partial charge is 0.00670 e. The predicted molar refractivity (Wildman–Crippen MR) is 96.5 cm³/mol. The second kappa shape index (κ2) is 11.4. The zero-order valence-corrected chi connectivity index (χ0v) is 14.9. The lowest BCUT2D eigenvalue weighted by atomic mass is 9.95. The first kappa shape index (κ1) is 18.2. The molecule has 0 aromatic carbocycles. The molecule has 0 radical (unpaired) electrons. The summed E-state index contributed by atoms with van der Waals surface area (Å²) < 4.78 is 0. The fraction of sp³-hybridized carbons (Fsp3) is 1.00. The minimum atomic E-state index is 0.818. The molecule has 0 amide bonds. The summed E-state index contributed by atoms with van der Waals surface area (Å²) in [6.07, 6.45) is 16.9. The zero-order valence-electron chi connectivity index (χ0n) is 14.9. The molecule has 0 heterocycles. The molecule has 3 heteroatoms. The van der Waals surface area contributed by atoms with Gasteiger partial charge in [0, 0.05) is 12.1 Å². The van der Waals surface area contributed by atoms with Crippen LogP contribution < -0.4 is 10.6 Å². The van der Waals surface area contributed by atoms with Crippen LogP contribution in [0.5, 0.6) is 0 Å². The predicted octanol–water partition coefficient (Wildman–Crippen LogP) is 3.54. The minimum absolute atomic E-state index is 0.818. The summed E-state index contributed by atoms with van der Waals surface area (Å²) >= 11 is 0. The Bertz CT molecular complexity index is 231. The van der Waals surface area contributed by atoms with Crippen LogP contribution in [-0.4, -0.2) is 50.2 Å². The molecular weight excluding hydrogens is 270 g/mol. The molecule has 0 aliphatic heterocycles. The zero-order chi connectivity index (χ0) is 15.5. The Balaban J connectivity index is 1.38. The fourth-order valence-electron chi connectivity index (χ4n) is 4.04. The van der Waals surface area contributed by atoms with Gasteiger partial charge in [-0.2, -0.15) is 0 Å². The van der Waals surface area contributed by atoms with Crippen LogP contribution in [0.4, 0.5) is 0 Å². The van der Waals surface area contributed by atoms with E-state index in [1.165, 1.54) is 103 Å². The van der Waals surface area contributed by atoms with Crippen molar-refractivity contribution in [3.05, 3.63) is 0 Å². The minimum Gasteiger partial charge on any atom is -0.314 e. The highest BCUT2D eigenvalue weighted by Crippen LogP contribution is 2.17. The third-order valence-corrected chi connectivity index (χ3v) is 5.51.